The molecule has 0 atom stereocenters. The molecule has 0 saturated heterocycles. The Bertz CT molecular complexity index is 1050. The summed E-state index contributed by atoms with van der Waals surface area (Å²) >= 11 is 0. The van der Waals surface area contributed by atoms with Crippen LogP contribution in [0.15, 0.2) is 60.0 Å². The number of benzene rings is 2. The number of carbonyl (C=O) groups is 1. The normalized spacial score (nSPS) is 15.3. The van der Waals surface area contributed by atoms with Crippen LogP contribution in [0.1, 0.15) is 5.56 Å². The summed E-state index contributed by atoms with van der Waals surface area (Å²) in [7, 11) is -3.92. The maximum absolute atomic E-state index is 13.2. The van der Waals surface area contributed by atoms with Crippen LogP contribution >= 0.6 is 0 Å². The summed E-state index contributed by atoms with van der Waals surface area (Å²) in [6.07, 6.45) is 2.24. The fraction of sp³-hybridized carbons (Fsp3) is 0.286. The van der Waals surface area contributed by atoms with Gasteiger partial charge in [-0.2, -0.15) is 4.31 Å². The maximum Gasteiger partial charge on any atom is 0.243 e. The van der Waals surface area contributed by atoms with Gasteiger partial charge in [-0.25, -0.2) is 8.42 Å². The molecule has 4 rings (SSSR count). The predicted molar refractivity (Wildman–Crippen MR) is 109 cm³/mol. The zero-order valence-corrected chi connectivity index (χ0v) is 16.7. The molecule has 0 N–H and O–H groups in total. The van der Waals surface area contributed by atoms with E-state index >= 15 is 0 Å². The summed E-state index contributed by atoms with van der Waals surface area (Å²) < 4.78 is 38.5. The lowest BCUT2D eigenvalue weighted by molar-refractivity contribution is -0.118. The number of anilines is 1. The molecule has 0 fully saturated rings. The number of amides is 1. The van der Waals surface area contributed by atoms with Gasteiger partial charge in [0.1, 0.15) is 13.2 Å². The van der Waals surface area contributed by atoms with Crippen LogP contribution in [0.4, 0.5) is 5.69 Å². The molecular weight excluding hydrogens is 392 g/mol. The number of carbonyl (C=O) groups excluding carboxylic acids is 1. The van der Waals surface area contributed by atoms with E-state index in [9.17, 15) is 13.2 Å². The number of hydrogen-bond acceptors (Lipinski definition) is 5. The lowest BCUT2D eigenvalue weighted by Crippen LogP contribution is -2.42. The van der Waals surface area contributed by atoms with Gasteiger partial charge in [0.2, 0.25) is 15.9 Å². The Hall–Kier alpha value is -2.84. The zero-order valence-electron chi connectivity index (χ0n) is 15.9. The van der Waals surface area contributed by atoms with E-state index in [0.29, 0.717) is 31.3 Å². The average Bonchev–Trinajstić information content (AvgIpc) is 3.17. The molecule has 0 bridgehead atoms. The Balaban J connectivity index is 1.58. The van der Waals surface area contributed by atoms with Crippen molar-refractivity contribution in [1.29, 1.82) is 0 Å². The van der Waals surface area contributed by atoms with Crippen molar-refractivity contribution in [2.45, 2.75) is 11.3 Å². The van der Waals surface area contributed by atoms with E-state index in [4.69, 9.17) is 9.47 Å². The molecule has 2 aliphatic rings. The molecule has 8 heteroatoms. The summed E-state index contributed by atoms with van der Waals surface area (Å²) in [5, 5.41) is 0. The molecule has 0 radical (unpaired) electrons. The standard InChI is InChI=1S/C21H22N2O5S/c1-2-10-22(15-21(24)23-11-9-16-5-3-4-6-18(16)23)29(25,26)17-7-8-19-20(14-17)28-13-12-27-19/h2-8,14H,1,9-13,15H2. The fourth-order valence-electron chi connectivity index (χ4n) is 3.56. The van der Waals surface area contributed by atoms with E-state index in [-0.39, 0.29) is 23.9 Å². The number of nitrogens with zero attached hydrogens (tertiary/aromatic N) is 2. The molecule has 7 nitrogen and oxygen atoms in total. The minimum absolute atomic E-state index is 0.0258. The quantitative estimate of drug-likeness (QED) is 0.678. The van der Waals surface area contributed by atoms with E-state index < -0.39 is 10.0 Å². The van der Waals surface area contributed by atoms with Gasteiger partial charge < -0.3 is 14.4 Å². The highest BCUT2D eigenvalue weighted by Gasteiger charge is 2.31. The van der Waals surface area contributed by atoms with Crippen LogP contribution in [-0.4, -0.2) is 51.5 Å². The summed E-state index contributed by atoms with van der Waals surface area (Å²) in [5.41, 5.74) is 1.93. The van der Waals surface area contributed by atoms with Crippen LogP contribution in [0.3, 0.4) is 0 Å². The van der Waals surface area contributed by atoms with Gasteiger partial charge in [0, 0.05) is 24.8 Å². The van der Waals surface area contributed by atoms with Crippen LogP contribution in [0.2, 0.25) is 0 Å². The summed E-state index contributed by atoms with van der Waals surface area (Å²) in [4.78, 5) is 14.6. The lowest BCUT2D eigenvalue weighted by Gasteiger charge is -2.25. The zero-order chi connectivity index (χ0) is 20.4. The third-order valence-corrected chi connectivity index (χ3v) is 6.79. The lowest BCUT2D eigenvalue weighted by atomic mass is 10.2. The van der Waals surface area contributed by atoms with Crippen molar-refractivity contribution >= 4 is 21.6 Å². The summed E-state index contributed by atoms with van der Waals surface area (Å²) in [6.45, 7) is 4.73. The first kappa shape index (κ1) is 19.5. The molecule has 152 valence electrons. The minimum Gasteiger partial charge on any atom is -0.486 e. The highest BCUT2D eigenvalue weighted by Crippen LogP contribution is 2.33. The Labute approximate surface area is 170 Å². The minimum atomic E-state index is -3.92. The Morgan fingerprint density at radius 3 is 2.69 bits per heavy atom. The molecule has 0 spiro atoms. The van der Waals surface area contributed by atoms with E-state index in [2.05, 4.69) is 6.58 Å². The highest BCUT2D eigenvalue weighted by molar-refractivity contribution is 7.89. The van der Waals surface area contributed by atoms with Gasteiger partial charge >= 0.3 is 0 Å². The molecular formula is C21H22N2O5S. The second-order valence-corrected chi connectivity index (χ2v) is 8.75. The van der Waals surface area contributed by atoms with Crippen LogP contribution in [0.5, 0.6) is 11.5 Å². The van der Waals surface area contributed by atoms with E-state index in [1.54, 1.807) is 11.0 Å². The first-order valence-corrected chi connectivity index (χ1v) is 10.8. The van der Waals surface area contributed by atoms with Gasteiger partial charge in [-0.15, -0.1) is 6.58 Å². The SMILES string of the molecule is C=CCN(CC(=O)N1CCc2ccccc21)S(=O)(=O)c1ccc2c(c1)OCCO2. The monoisotopic (exact) mass is 414 g/mol. The number of hydrogen-bond donors (Lipinski definition) is 0. The highest BCUT2D eigenvalue weighted by atomic mass is 32.2. The Morgan fingerprint density at radius 2 is 1.90 bits per heavy atom. The number of fused-ring (bicyclic) bond motifs is 2. The first-order chi connectivity index (χ1) is 14.0. The van der Waals surface area contributed by atoms with Crippen LogP contribution in [-0.2, 0) is 21.2 Å². The van der Waals surface area contributed by atoms with Gasteiger partial charge in [-0.1, -0.05) is 24.3 Å². The number of rotatable bonds is 6. The third-order valence-electron chi connectivity index (χ3n) is 4.98. The molecule has 29 heavy (non-hydrogen) atoms. The fourth-order valence-corrected chi connectivity index (χ4v) is 4.93. The van der Waals surface area contributed by atoms with Crippen molar-refractivity contribution in [2.75, 3.05) is 37.7 Å². The molecule has 1 amide bonds. The van der Waals surface area contributed by atoms with Crippen molar-refractivity contribution in [2.24, 2.45) is 0 Å². The number of sulfonamides is 1. The number of para-hydroxylation sites is 1. The largest absolute Gasteiger partial charge is 0.486 e. The van der Waals surface area contributed by atoms with Crippen molar-refractivity contribution in [1.82, 2.24) is 4.31 Å². The average molecular weight is 414 g/mol. The molecule has 2 aliphatic heterocycles. The second kappa shape index (κ2) is 7.88. The van der Waals surface area contributed by atoms with Crippen molar-refractivity contribution in [3.05, 3.63) is 60.7 Å². The Morgan fingerprint density at radius 1 is 1.14 bits per heavy atom. The van der Waals surface area contributed by atoms with Gasteiger partial charge in [-0.3, -0.25) is 4.79 Å². The van der Waals surface area contributed by atoms with Crippen LogP contribution < -0.4 is 14.4 Å². The predicted octanol–water partition coefficient (Wildman–Crippen LogP) is 2.22. The topological polar surface area (TPSA) is 76.2 Å². The molecule has 2 heterocycles. The third kappa shape index (κ3) is 3.73. The van der Waals surface area contributed by atoms with Crippen molar-refractivity contribution in [3.8, 4) is 11.5 Å². The van der Waals surface area contributed by atoms with E-state index in [1.165, 1.54) is 18.2 Å². The smallest absolute Gasteiger partial charge is 0.243 e. The van der Waals surface area contributed by atoms with Gasteiger partial charge in [0.15, 0.2) is 11.5 Å². The van der Waals surface area contributed by atoms with Crippen molar-refractivity contribution in [3.63, 3.8) is 0 Å². The van der Waals surface area contributed by atoms with Gasteiger partial charge in [0.25, 0.3) is 0 Å². The Kier molecular flexibility index (Phi) is 5.29. The van der Waals surface area contributed by atoms with Gasteiger partial charge in [-0.05, 0) is 30.2 Å². The molecule has 0 saturated carbocycles. The molecule has 0 aliphatic carbocycles. The first-order valence-electron chi connectivity index (χ1n) is 9.39. The van der Waals surface area contributed by atoms with Gasteiger partial charge in [0.05, 0.1) is 11.4 Å². The molecule has 2 aromatic rings. The van der Waals surface area contributed by atoms with E-state index in [0.717, 1.165) is 22.0 Å². The second-order valence-electron chi connectivity index (χ2n) is 6.82. The summed E-state index contributed by atoms with van der Waals surface area (Å²) in [6, 6.07) is 12.2. The van der Waals surface area contributed by atoms with Crippen LogP contribution in [0.25, 0.3) is 0 Å². The molecule has 2 aromatic carbocycles. The van der Waals surface area contributed by atoms with Crippen molar-refractivity contribution < 1.29 is 22.7 Å². The van der Waals surface area contributed by atoms with E-state index in [1.807, 2.05) is 24.3 Å². The molecule has 0 aromatic heterocycles. The summed E-state index contributed by atoms with van der Waals surface area (Å²) in [5.74, 6) is 0.629. The maximum atomic E-state index is 13.2. The number of ether oxygens (including phenoxy) is 2. The van der Waals surface area contributed by atoms with Crippen LogP contribution in [0, 0.1) is 0 Å². The molecule has 0 unspecified atom stereocenters.